The maximum absolute atomic E-state index is 13.4. The summed E-state index contributed by atoms with van der Waals surface area (Å²) in [5.74, 6) is -1.85. The second-order valence-electron chi connectivity index (χ2n) is 3.69. The first kappa shape index (κ1) is 13.9. The number of aromatic nitrogens is 1. The Hall–Kier alpha value is -2.53. The van der Waals surface area contributed by atoms with Gasteiger partial charge in [-0.1, -0.05) is 6.07 Å². The fraction of sp³-hybridized carbons (Fsp3) is 0. The molecule has 2 rings (SSSR count). The maximum atomic E-state index is 13.4. The Morgan fingerprint density at radius 2 is 1.95 bits per heavy atom. The standard InChI is InChI=1S/C12H7F2N3O2S/c13-9-2-1-3-12(8(9)6-15)20(18,19)17-11-4-5-16-7-10(11)14/h1-5,7H,(H,16,17). The van der Waals surface area contributed by atoms with Crippen LogP contribution in [0.15, 0.2) is 41.6 Å². The molecule has 0 saturated heterocycles. The van der Waals surface area contributed by atoms with E-state index in [1.807, 2.05) is 4.72 Å². The van der Waals surface area contributed by atoms with Gasteiger partial charge in [-0.05, 0) is 18.2 Å². The number of halogens is 2. The summed E-state index contributed by atoms with van der Waals surface area (Å²) in [7, 11) is -4.28. The lowest BCUT2D eigenvalue weighted by Crippen LogP contribution is -2.16. The topological polar surface area (TPSA) is 82.8 Å². The molecule has 5 nitrogen and oxygen atoms in total. The van der Waals surface area contributed by atoms with Crippen molar-refractivity contribution < 1.29 is 17.2 Å². The van der Waals surface area contributed by atoms with Crippen LogP contribution < -0.4 is 4.72 Å². The molecule has 1 heterocycles. The first-order valence-electron chi connectivity index (χ1n) is 5.26. The minimum absolute atomic E-state index is 0.340. The minimum Gasteiger partial charge on any atom is -0.276 e. The van der Waals surface area contributed by atoms with E-state index in [0.29, 0.717) is 0 Å². The molecule has 0 aliphatic rings. The molecule has 0 atom stereocenters. The minimum atomic E-state index is -4.28. The first-order chi connectivity index (χ1) is 9.45. The van der Waals surface area contributed by atoms with Crippen LogP contribution in [0.4, 0.5) is 14.5 Å². The van der Waals surface area contributed by atoms with E-state index < -0.39 is 32.1 Å². The van der Waals surface area contributed by atoms with Crippen LogP contribution in [0.2, 0.25) is 0 Å². The fourth-order valence-electron chi connectivity index (χ4n) is 1.49. The molecule has 1 aromatic carbocycles. The molecule has 0 aliphatic carbocycles. The third-order valence-corrected chi connectivity index (χ3v) is 3.80. The summed E-state index contributed by atoms with van der Waals surface area (Å²) in [6, 6.07) is 5.75. The van der Waals surface area contributed by atoms with Gasteiger partial charge >= 0.3 is 0 Å². The Morgan fingerprint density at radius 3 is 2.60 bits per heavy atom. The SMILES string of the molecule is N#Cc1c(F)cccc1S(=O)(=O)Nc1ccncc1F. The maximum Gasteiger partial charge on any atom is 0.263 e. The molecular weight excluding hydrogens is 288 g/mol. The Kier molecular flexibility index (Phi) is 3.63. The molecule has 0 spiro atoms. The molecule has 0 unspecified atom stereocenters. The average molecular weight is 295 g/mol. The van der Waals surface area contributed by atoms with E-state index in [1.54, 1.807) is 0 Å². The number of rotatable bonds is 3. The molecule has 0 amide bonds. The van der Waals surface area contributed by atoms with Crippen molar-refractivity contribution >= 4 is 15.7 Å². The molecule has 0 aliphatic heterocycles. The van der Waals surface area contributed by atoms with Crippen LogP contribution in [0.3, 0.4) is 0 Å². The van der Waals surface area contributed by atoms with Crippen molar-refractivity contribution in [2.75, 3.05) is 4.72 Å². The van der Waals surface area contributed by atoms with Crippen molar-refractivity contribution in [3.63, 3.8) is 0 Å². The molecule has 1 N–H and O–H groups in total. The predicted octanol–water partition coefficient (Wildman–Crippen LogP) is 2.03. The highest BCUT2D eigenvalue weighted by molar-refractivity contribution is 7.92. The van der Waals surface area contributed by atoms with Crippen LogP contribution in [0.5, 0.6) is 0 Å². The Labute approximate surface area is 113 Å². The molecule has 1 aromatic heterocycles. The van der Waals surface area contributed by atoms with Gasteiger partial charge in [0.2, 0.25) is 0 Å². The van der Waals surface area contributed by atoms with Gasteiger partial charge < -0.3 is 0 Å². The number of nitrogens with one attached hydrogen (secondary N) is 1. The van der Waals surface area contributed by atoms with Gasteiger partial charge in [-0.25, -0.2) is 17.2 Å². The van der Waals surface area contributed by atoms with E-state index in [2.05, 4.69) is 4.98 Å². The molecule has 0 radical (unpaired) electrons. The van der Waals surface area contributed by atoms with Crippen molar-refractivity contribution in [3.8, 4) is 6.07 Å². The Balaban J connectivity index is 2.50. The van der Waals surface area contributed by atoms with Gasteiger partial charge in [0.05, 0.1) is 11.9 Å². The highest BCUT2D eigenvalue weighted by atomic mass is 32.2. The van der Waals surface area contributed by atoms with Crippen molar-refractivity contribution in [3.05, 3.63) is 53.9 Å². The van der Waals surface area contributed by atoms with Gasteiger partial charge in [0.25, 0.3) is 10.0 Å². The zero-order chi connectivity index (χ0) is 14.8. The van der Waals surface area contributed by atoms with Crippen LogP contribution in [0, 0.1) is 23.0 Å². The third kappa shape index (κ3) is 2.57. The van der Waals surface area contributed by atoms with Crippen molar-refractivity contribution in [1.82, 2.24) is 4.98 Å². The van der Waals surface area contributed by atoms with E-state index >= 15 is 0 Å². The summed E-state index contributed by atoms with van der Waals surface area (Å²) in [5.41, 5.74) is -0.970. The molecule has 0 saturated carbocycles. The second-order valence-corrected chi connectivity index (χ2v) is 5.34. The zero-order valence-electron chi connectivity index (χ0n) is 9.84. The fourth-order valence-corrected chi connectivity index (χ4v) is 2.73. The normalized spacial score (nSPS) is 10.8. The number of hydrogen-bond acceptors (Lipinski definition) is 4. The summed E-state index contributed by atoms with van der Waals surface area (Å²) < 4.78 is 52.9. The first-order valence-corrected chi connectivity index (χ1v) is 6.75. The predicted molar refractivity (Wildman–Crippen MR) is 66.1 cm³/mol. The number of nitriles is 1. The number of sulfonamides is 1. The van der Waals surface area contributed by atoms with E-state index in [0.717, 1.165) is 30.5 Å². The molecule has 8 heteroatoms. The molecule has 20 heavy (non-hydrogen) atoms. The van der Waals surface area contributed by atoms with E-state index in [1.165, 1.54) is 12.3 Å². The number of nitrogens with zero attached hydrogens (tertiary/aromatic N) is 2. The van der Waals surface area contributed by atoms with Crippen LogP contribution in [-0.2, 0) is 10.0 Å². The largest absolute Gasteiger partial charge is 0.276 e. The summed E-state index contributed by atoms with van der Waals surface area (Å²) in [6.07, 6.45) is 2.02. The van der Waals surface area contributed by atoms with Gasteiger partial charge in [0.15, 0.2) is 5.82 Å². The van der Waals surface area contributed by atoms with Crippen molar-refractivity contribution in [2.24, 2.45) is 0 Å². The molecule has 2 aromatic rings. The smallest absolute Gasteiger partial charge is 0.263 e. The van der Waals surface area contributed by atoms with E-state index in [4.69, 9.17) is 5.26 Å². The highest BCUT2D eigenvalue weighted by Crippen LogP contribution is 2.22. The average Bonchev–Trinajstić information content (AvgIpc) is 2.41. The molecule has 102 valence electrons. The lowest BCUT2D eigenvalue weighted by molar-refractivity contribution is 0.591. The van der Waals surface area contributed by atoms with Crippen molar-refractivity contribution in [1.29, 1.82) is 5.26 Å². The van der Waals surface area contributed by atoms with E-state index in [9.17, 15) is 17.2 Å². The van der Waals surface area contributed by atoms with Crippen molar-refractivity contribution in [2.45, 2.75) is 4.90 Å². The summed E-state index contributed by atoms with van der Waals surface area (Å²) in [4.78, 5) is 2.91. The quantitative estimate of drug-likeness (QED) is 0.939. The number of anilines is 1. The lowest BCUT2D eigenvalue weighted by Gasteiger charge is -2.09. The van der Waals surface area contributed by atoms with Gasteiger partial charge in [-0.2, -0.15) is 5.26 Å². The Bertz CT molecular complexity index is 801. The summed E-state index contributed by atoms with van der Waals surface area (Å²) in [5, 5.41) is 8.82. The monoisotopic (exact) mass is 295 g/mol. The van der Waals surface area contributed by atoms with Gasteiger partial charge in [0, 0.05) is 6.20 Å². The summed E-state index contributed by atoms with van der Waals surface area (Å²) in [6.45, 7) is 0. The number of pyridine rings is 1. The highest BCUT2D eigenvalue weighted by Gasteiger charge is 2.22. The lowest BCUT2D eigenvalue weighted by atomic mass is 10.2. The van der Waals surface area contributed by atoms with Crippen LogP contribution in [0.25, 0.3) is 0 Å². The van der Waals surface area contributed by atoms with E-state index in [-0.39, 0.29) is 5.69 Å². The van der Waals surface area contributed by atoms with Crippen LogP contribution in [-0.4, -0.2) is 13.4 Å². The van der Waals surface area contributed by atoms with Crippen LogP contribution in [0.1, 0.15) is 5.56 Å². The summed E-state index contributed by atoms with van der Waals surface area (Å²) >= 11 is 0. The van der Waals surface area contributed by atoms with Gasteiger partial charge in [-0.15, -0.1) is 0 Å². The number of benzene rings is 1. The molecular formula is C12H7F2N3O2S. The zero-order valence-corrected chi connectivity index (χ0v) is 10.7. The molecule has 0 bridgehead atoms. The second kappa shape index (κ2) is 5.22. The third-order valence-electron chi connectivity index (χ3n) is 2.39. The number of hydrogen-bond donors (Lipinski definition) is 1. The van der Waals surface area contributed by atoms with Crippen LogP contribution >= 0.6 is 0 Å². The molecule has 0 fully saturated rings. The van der Waals surface area contributed by atoms with Gasteiger partial charge in [-0.3, -0.25) is 9.71 Å². The van der Waals surface area contributed by atoms with Gasteiger partial charge in [0.1, 0.15) is 22.3 Å². The Morgan fingerprint density at radius 1 is 1.20 bits per heavy atom.